The van der Waals surface area contributed by atoms with Crippen molar-refractivity contribution in [3.8, 4) is 23.0 Å². The number of aromatic nitrogens is 1. The normalized spacial score (nSPS) is 11.3. The number of aromatic hydroxyl groups is 1. The molecule has 3 rings (SSSR count). The first-order chi connectivity index (χ1) is 13.6. The molecule has 0 saturated carbocycles. The highest BCUT2D eigenvalue weighted by Crippen LogP contribution is 2.22. The molecule has 7 heteroatoms. The molecule has 0 fully saturated rings. The van der Waals surface area contributed by atoms with Gasteiger partial charge in [0.25, 0.3) is 0 Å². The summed E-state index contributed by atoms with van der Waals surface area (Å²) in [6, 6.07) is 13.1. The molecule has 3 N–H and O–H groups in total. The second-order valence-electron chi connectivity index (χ2n) is 6.28. The van der Waals surface area contributed by atoms with E-state index >= 15 is 0 Å². The third-order valence-electron chi connectivity index (χ3n) is 4.24. The summed E-state index contributed by atoms with van der Waals surface area (Å²) in [6.07, 6.45) is 1.63. The lowest BCUT2D eigenvalue weighted by atomic mass is 10.1. The van der Waals surface area contributed by atoms with Gasteiger partial charge in [-0.3, -0.25) is 4.99 Å². The summed E-state index contributed by atoms with van der Waals surface area (Å²) in [5.41, 5.74) is 3.61. The number of ether oxygens (including phenoxy) is 1. The average molecular weight is 380 g/mol. The Morgan fingerprint density at radius 3 is 2.61 bits per heavy atom. The zero-order chi connectivity index (χ0) is 19.9. The molecule has 0 aliphatic rings. The van der Waals surface area contributed by atoms with E-state index in [9.17, 15) is 5.11 Å². The van der Waals surface area contributed by atoms with Crippen LogP contribution in [0.2, 0.25) is 0 Å². The molecule has 0 bridgehead atoms. The van der Waals surface area contributed by atoms with Gasteiger partial charge in [-0.15, -0.1) is 0 Å². The first kappa shape index (κ1) is 19.3. The third-order valence-corrected chi connectivity index (χ3v) is 4.24. The van der Waals surface area contributed by atoms with E-state index in [0.29, 0.717) is 36.3 Å². The largest absolute Gasteiger partial charge is 0.508 e. The van der Waals surface area contributed by atoms with Crippen LogP contribution in [0.25, 0.3) is 11.5 Å². The van der Waals surface area contributed by atoms with E-state index in [1.165, 1.54) is 5.56 Å². The van der Waals surface area contributed by atoms with Gasteiger partial charge in [0.15, 0.2) is 5.96 Å². The Hall–Kier alpha value is -3.48. The summed E-state index contributed by atoms with van der Waals surface area (Å²) in [7, 11) is 3.27. The van der Waals surface area contributed by atoms with Crippen molar-refractivity contribution in [2.24, 2.45) is 4.99 Å². The van der Waals surface area contributed by atoms with Crippen molar-refractivity contribution in [1.82, 2.24) is 15.6 Å². The summed E-state index contributed by atoms with van der Waals surface area (Å²) < 4.78 is 10.8. The number of benzene rings is 2. The predicted molar refractivity (Wildman–Crippen MR) is 108 cm³/mol. The fourth-order valence-electron chi connectivity index (χ4n) is 2.62. The number of phenols is 1. The van der Waals surface area contributed by atoms with Crippen LogP contribution < -0.4 is 15.4 Å². The Bertz CT molecular complexity index is 949. The van der Waals surface area contributed by atoms with Gasteiger partial charge in [-0.05, 0) is 37.3 Å². The Morgan fingerprint density at radius 2 is 1.89 bits per heavy atom. The Kier molecular flexibility index (Phi) is 6.16. The van der Waals surface area contributed by atoms with E-state index in [2.05, 4.69) is 20.6 Å². The van der Waals surface area contributed by atoms with Crippen LogP contribution in [-0.4, -0.2) is 30.2 Å². The standard InChI is InChI=1S/C21H24N4O3/c1-14-4-6-15(7-5-14)20-25-17(13-28-20)12-24-21(22-2)23-11-16-10-18(27-3)8-9-19(16)26/h4-10,13,26H,11-12H2,1-3H3,(H2,22,23,24). The van der Waals surface area contributed by atoms with E-state index < -0.39 is 0 Å². The fraction of sp³-hybridized carbons (Fsp3) is 0.238. The number of guanidine groups is 1. The molecule has 146 valence electrons. The summed E-state index contributed by atoms with van der Waals surface area (Å²) in [6.45, 7) is 2.90. The lowest BCUT2D eigenvalue weighted by Crippen LogP contribution is -2.36. The van der Waals surface area contributed by atoms with Crippen molar-refractivity contribution < 1.29 is 14.3 Å². The molecule has 7 nitrogen and oxygen atoms in total. The minimum Gasteiger partial charge on any atom is -0.508 e. The summed E-state index contributed by atoms with van der Waals surface area (Å²) >= 11 is 0. The highest BCUT2D eigenvalue weighted by molar-refractivity contribution is 5.79. The third kappa shape index (κ3) is 4.82. The molecule has 1 heterocycles. The van der Waals surface area contributed by atoms with Gasteiger partial charge in [-0.1, -0.05) is 17.7 Å². The van der Waals surface area contributed by atoms with Crippen molar-refractivity contribution in [1.29, 1.82) is 0 Å². The van der Waals surface area contributed by atoms with Crippen LogP contribution in [0.15, 0.2) is 58.1 Å². The number of aliphatic imine (C=N–C) groups is 1. The van der Waals surface area contributed by atoms with E-state index in [1.54, 1.807) is 38.6 Å². The fourth-order valence-corrected chi connectivity index (χ4v) is 2.62. The zero-order valence-electron chi connectivity index (χ0n) is 16.2. The molecule has 0 unspecified atom stereocenters. The molecule has 2 aromatic carbocycles. The van der Waals surface area contributed by atoms with Gasteiger partial charge in [0.05, 0.1) is 19.3 Å². The first-order valence-electron chi connectivity index (χ1n) is 8.91. The van der Waals surface area contributed by atoms with Gasteiger partial charge in [0, 0.05) is 24.7 Å². The average Bonchev–Trinajstić information content (AvgIpc) is 3.19. The van der Waals surface area contributed by atoms with Crippen LogP contribution in [-0.2, 0) is 13.1 Å². The summed E-state index contributed by atoms with van der Waals surface area (Å²) in [4.78, 5) is 8.69. The van der Waals surface area contributed by atoms with Gasteiger partial charge < -0.3 is 24.9 Å². The maximum absolute atomic E-state index is 9.97. The van der Waals surface area contributed by atoms with Crippen LogP contribution in [0.5, 0.6) is 11.5 Å². The number of hydrogen-bond donors (Lipinski definition) is 3. The van der Waals surface area contributed by atoms with Crippen LogP contribution in [0.1, 0.15) is 16.8 Å². The highest BCUT2D eigenvalue weighted by Gasteiger charge is 2.08. The number of oxazole rings is 1. The molecule has 0 amide bonds. The first-order valence-corrected chi connectivity index (χ1v) is 8.91. The van der Waals surface area contributed by atoms with E-state index in [0.717, 1.165) is 11.3 Å². The van der Waals surface area contributed by atoms with Crippen LogP contribution in [0, 0.1) is 6.92 Å². The predicted octanol–water partition coefficient (Wildman–Crippen LogP) is 3.23. The summed E-state index contributed by atoms with van der Waals surface area (Å²) in [5, 5.41) is 16.3. The van der Waals surface area contributed by atoms with Gasteiger partial charge in [-0.25, -0.2) is 4.98 Å². The smallest absolute Gasteiger partial charge is 0.226 e. The number of nitrogens with one attached hydrogen (secondary N) is 2. The molecule has 0 saturated heterocycles. The van der Waals surface area contributed by atoms with Crippen molar-refractivity contribution in [2.75, 3.05) is 14.2 Å². The quantitative estimate of drug-likeness (QED) is 0.449. The molecule has 0 aliphatic carbocycles. The molecule has 1 aromatic heterocycles. The van der Waals surface area contributed by atoms with Crippen LogP contribution >= 0.6 is 0 Å². The Morgan fingerprint density at radius 1 is 1.14 bits per heavy atom. The minimum absolute atomic E-state index is 0.197. The molecule has 28 heavy (non-hydrogen) atoms. The Balaban J connectivity index is 1.57. The highest BCUT2D eigenvalue weighted by atomic mass is 16.5. The number of nitrogens with zero attached hydrogens (tertiary/aromatic N) is 2. The van der Waals surface area contributed by atoms with Crippen molar-refractivity contribution >= 4 is 5.96 Å². The van der Waals surface area contributed by atoms with E-state index in [-0.39, 0.29) is 5.75 Å². The lowest BCUT2D eigenvalue weighted by Gasteiger charge is -2.12. The van der Waals surface area contributed by atoms with Gasteiger partial charge in [0.1, 0.15) is 17.8 Å². The maximum Gasteiger partial charge on any atom is 0.226 e. The molecule has 3 aromatic rings. The van der Waals surface area contributed by atoms with Crippen molar-refractivity contribution in [3.63, 3.8) is 0 Å². The second-order valence-corrected chi connectivity index (χ2v) is 6.28. The van der Waals surface area contributed by atoms with Crippen LogP contribution in [0.4, 0.5) is 0 Å². The number of aryl methyl sites for hydroxylation is 1. The molecule has 0 atom stereocenters. The van der Waals surface area contributed by atoms with Crippen molar-refractivity contribution in [3.05, 3.63) is 65.5 Å². The topological polar surface area (TPSA) is 91.9 Å². The zero-order valence-corrected chi connectivity index (χ0v) is 16.2. The lowest BCUT2D eigenvalue weighted by molar-refractivity contribution is 0.410. The van der Waals surface area contributed by atoms with Crippen molar-refractivity contribution in [2.45, 2.75) is 20.0 Å². The van der Waals surface area contributed by atoms with Gasteiger partial charge >= 0.3 is 0 Å². The van der Waals surface area contributed by atoms with Gasteiger partial charge in [0.2, 0.25) is 5.89 Å². The molecule has 0 radical (unpaired) electrons. The SMILES string of the molecule is CN=C(NCc1coc(-c2ccc(C)cc2)n1)NCc1cc(OC)ccc1O. The molecular formula is C21H24N4O3. The minimum atomic E-state index is 0.197. The molecular weight excluding hydrogens is 356 g/mol. The van der Waals surface area contributed by atoms with Crippen LogP contribution in [0.3, 0.4) is 0 Å². The Labute approximate surface area is 164 Å². The number of rotatable bonds is 6. The number of phenolic OH excluding ortho intramolecular Hbond substituents is 1. The number of methoxy groups -OCH3 is 1. The number of hydrogen-bond acceptors (Lipinski definition) is 5. The maximum atomic E-state index is 9.97. The molecule has 0 spiro atoms. The monoisotopic (exact) mass is 380 g/mol. The van der Waals surface area contributed by atoms with E-state index in [4.69, 9.17) is 9.15 Å². The summed E-state index contributed by atoms with van der Waals surface area (Å²) in [5.74, 6) is 2.05. The van der Waals surface area contributed by atoms with Gasteiger partial charge in [-0.2, -0.15) is 0 Å². The van der Waals surface area contributed by atoms with E-state index in [1.807, 2.05) is 31.2 Å². The molecule has 0 aliphatic heterocycles. The second kappa shape index (κ2) is 8.94.